The van der Waals surface area contributed by atoms with Gasteiger partial charge in [0.1, 0.15) is 12.0 Å². The average Bonchev–Trinajstić information content (AvgIpc) is 3.29. The summed E-state index contributed by atoms with van der Waals surface area (Å²) in [6.45, 7) is 1.11. The van der Waals surface area contributed by atoms with E-state index in [2.05, 4.69) is 20.6 Å². The van der Waals surface area contributed by atoms with Crippen molar-refractivity contribution in [1.29, 1.82) is 0 Å². The second-order valence-corrected chi connectivity index (χ2v) is 5.43. The summed E-state index contributed by atoms with van der Waals surface area (Å²) in [5, 5.41) is 8.35. The van der Waals surface area contributed by atoms with Crippen LogP contribution < -0.4 is 10.6 Å². The topological polar surface area (TPSA) is 75.6 Å². The molecule has 0 aliphatic rings. The van der Waals surface area contributed by atoms with Crippen LogP contribution in [-0.2, 0) is 13.1 Å². The van der Waals surface area contributed by atoms with Crippen molar-refractivity contribution in [3.63, 3.8) is 0 Å². The highest BCUT2D eigenvalue weighted by Gasteiger charge is 2.08. The monoisotopic (exact) mass is 444 g/mol. The Kier molecular flexibility index (Phi) is 6.66. The lowest BCUT2D eigenvalue weighted by Crippen LogP contribution is -2.36. The number of nitrogens with zero attached hydrogens (tertiary/aromatic N) is 2. The summed E-state index contributed by atoms with van der Waals surface area (Å²) < 4.78 is 10.7. The minimum atomic E-state index is 0. The largest absolute Gasteiger partial charge is 0.467 e. The van der Waals surface area contributed by atoms with E-state index in [0.717, 1.165) is 16.3 Å². The normalized spacial score (nSPS) is 11.1. The smallest absolute Gasteiger partial charge is 0.236 e. The van der Waals surface area contributed by atoms with Crippen molar-refractivity contribution in [1.82, 2.24) is 15.6 Å². The highest BCUT2D eigenvalue weighted by Crippen LogP contribution is 2.23. The van der Waals surface area contributed by atoms with Gasteiger partial charge in [0.2, 0.25) is 5.89 Å². The van der Waals surface area contributed by atoms with E-state index in [9.17, 15) is 0 Å². The maximum atomic E-state index is 5.48. The van der Waals surface area contributed by atoms with Crippen LogP contribution in [0.2, 0.25) is 0 Å². The molecule has 0 radical (unpaired) electrons. The van der Waals surface area contributed by atoms with Gasteiger partial charge < -0.3 is 19.5 Å². The summed E-state index contributed by atoms with van der Waals surface area (Å²) in [6, 6.07) is 7.72. The van der Waals surface area contributed by atoms with Gasteiger partial charge >= 0.3 is 0 Å². The molecule has 23 heavy (non-hydrogen) atoms. The average molecular weight is 444 g/mol. The molecule has 0 aliphatic heterocycles. The first-order chi connectivity index (χ1) is 10.8. The molecule has 0 unspecified atom stereocenters. The van der Waals surface area contributed by atoms with E-state index in [1.807, 2.05) is 29.6 Å². The second-order valence-electron chi connectivity index (χ2n) is 4.48. The zero-order chi connectivity index (χ0) is 15.2. The fraction of sp³-hybridized carbons (Fsp3) is 0.200. The predicted octanol–water partition coefficient (Wildman–Crippen LogP) is 3.48. The molecular formula is C15H17IN4O2S. The number of hydrogen-bond acceptors (Lipinski definition) is 5. The molecule has 3 heterocycles. The summed E-state index contributed by atoms with van der Waals surface area (Å²) in [6.07, 6.45) is 3.30. The molecule has 0 bridgehead atoms. The Morgan fingerprint density at radius 2 is 2.09 bits per heavy atom. The van der Waals surface area contributed by atoms with Crippen molar-refractivity contribution in [2.75, 3.05) is 7.05 Å². The zero-order valence-corrected chi connectivity index (χ0v) is 15.6. The molecule has 3 aromatic rings. The Hall–Kier alpha value is -1.81. The lowest BCUT2D eigenvalue weighted by atomic mass is 10.4. The molecule has 0 spiro atoms. The molecule has 0 amide bonds. The van der Waals surface area contributed by atoms with Crippen LogP contribution in [-0.4, -0.2) is 18.0 Å². The van der Waals surface area contributed by atoms with Gasteiger partial charge in [0, 0.05) is 7.05 Å². The summed E-state index contributed by atoms with van der Waals surface area (Å²) in [7, 11) is 1.72. The van der Waals surface area contributed by atoms with Crippen LogP contribution in [0.25, 0.3) is 10.8 Å². The van der Waals surface area contributed by atoms with Crippen molar-refractivity contribution >= 4 is 41.3 Å². The summed E-state index contributed by atoms with van der Waals surface area (Å²) in [4.78, 5) is 9.62. The molecule has 0 fully saturated rings. The van der Waals surface area contributed by atoms with Gasteiger partial charge in [-0.1, -0.05) is 6.07 Å². The third-order valence-electron chi connectivity index (χ3n) is 2.95. The number of guanidine groups is 1. The van der Waals surface area contributed by atoms with Crippen LogP contribution in [0.3, 0.4) is 0 Å². The number of halogens is 1. The molecule has 8 heteroatoms. The molecule has 2 N–H and O–H groups in total. The maximum absolute atomic E-state index is 5.48. The fourth-order valence-electron chi connectivity index (χ4n) is 1.88. The van der Waals surface area contributed by atoms with Crippen LogP contribution in [0.5, 0.6) is 0 Å². The van der Waals surface area contributed by atoms with Crippen molar-refractivity contribution in [3.05, 3.63) is 53.6 Å². The molecule has 122 valence electrons. The Morgan fingerprint density at radius 3 is 2.78 bits per heavy atom. The number of aromatic nitrogens is 1. The van der Waals surface area contributed by atoms with Crippen LogP contribution in [0.4, 0.5) is 0 Å². The zero-order valence-electron chi connectivity index (χ0n) is 12.5. The molecule has 0 aliphatic carbocycles. The Morgan fingerprint density at radius 1 is 1.22 bits per heavy atom. The van der Waals surface area contributed by atoms with Crippen LogP contribution in [0, 0.1) is 0 Å². The van der Waals surface area contributed by atoms with E-state index in [1.165, 1.54) is 0 Å². The second kappa shape index (κ2) is 8.73. The van der Waals surface area contributed by atoms with E-state index in [-0.39, 0.29) is 24.0 Å². The van der Waals surface area contributed by atoms with Gasteiger partial charge in [0.25, 0.3) is 0 Å². The molecule has 6 nitrogen and oxygen atoms in total. The Bertz CT molecular complexity index is 723. The van der Waals surface area contributed by atoms with Gasteiger partial charge in [-0.3, -0.25) is 4.99 Å². The highest BCUT2D eigenvalue weighted by molar-refractivity contribution is 14.0. The van der Waals surface area contributed by atoms with E-state index >= 15 is 0 Å². The number of thiophene rings is 1. The minimum Gasteiger partial charge on any atom is -0.467 e. The third kappa shape index (κ3) is 4.83. The number of aliphatic imine (C=N–C) groups is 1. The van der Waals surface area contributed by atoms with E-state index in [1.54, 1.807) is 30.9 Å². The van der Waals surface area contributed by atoms with Gasteiger partial charge in [-0.15, -0.1) is 35.3 Å². The van der Waals surface area contributed by atoms with Crippen molar-refractivity contribution in [2.24, 2.45) is 4.99 Å². The van der Waals surface area contributed by atoms with E-state index < -0.39 is 0 Å². The number of rotatable bonds is 5. The first-order valence-electron chi connectivity index (χ1n) is 6.80. The Labute approximate surface area is 155 Å². The number of furan rings is 1. The molecule has 3 aromatic heterocycles. The first kappa shape index (κ1) is 17.5. The van der Waals surface area contributed by atoms with Crippen LogP contribution in [0.15, 0.2) is 56.0 Å². The van der Waals surface area contributed by atoms with Gasteiger partial charge in [-0.25, -0.2) is 4.98 Å². The van der Waals surface area contributed by atoms with Gasteiger partial charge in [-0.05, 0) is 23.6 Å². The molecule has 0 aromatic carbocycles. The molecule has 0 saturated carbocycles. The maximum Gasteiger partial charge on any atom is 0.236 e. The number of nitrogens with one attached hydrogen (secondary N) is 2. The third-order valence-corrected chi connectivity index (χ3v) is 3.81. The molecular weight excluding hydrogens is 427 g/mol. The first-order valence-corrected chi connectivity index (χ1v) is 7.68. The summed E-state index contributed by atoms with van der Waals surface area (Å²) in [5.41, 5.74) is 0.823. The summed E-state index contributed by atoms with van der Waals surface area (Å²) in [5.74, 6) is 2.17. The van der Waals surface area contributed by atoms with Crippen molar-refractivity contribution < 1.29 is 8.83 Å². The molecule has 0 atom stereocenters. The van der Waals surface area contributed by atoms with Gasteiger partial charge in [0.05, 0.1) is 29.9 Å². The van der Waals surface area contributed by atoms with Crippen molar-refractivity contribution in [3.8, 4) is 10.8 Å². The predicted molar refractivity (Wildman–Crippen MR) is 101 cm³/mol. The molecule has 0 saturated heterocycles. The quantitative estimate of drug-likeness (QED) is 0.358. The van der Waals surface area contributed by atoms with E-state index in [4.69, 9.17) is 8.83 Å². The lowest BCUT2D eigenvalue weighted by Gasteiger charge is -2.09. The van der Waals surface area contributed by atoms with Crippen LogP contribution >= 0.6 is 35.3 Å². The van der Waals surface area contributed by atoms with Gasteiger partial charge in [0.15, 0.2) is 5.96 Å². The Balaban J connectivity index is 0.00000192. The van der Waals surface area contributed by atoms with E-state index in [0.29, 0.717) is 24.9 Å². The number of hydrogen-bond donors (Lipinski definition) is 2. The minimum absolute atomic E-state index is 0. The number of oxazole rings is 1. The molecule has 3 rings (SSSR count). The summed E-state index contributed by atoms with van der Waals surface area (Å²) >= 11 is 1.60. The highest BCUT2D eigenvalue weighted by atomic mass is 127. The fourth-order valence-corrected chi connectivity index (χ4v) is 2.54. The standard InChI is InChI=1S/C15H16N4O2S.HI/c1-16-15(18-9-12-4-2-6-20-12)17-8-11-10-21-14(19-11)13-5-3-7-22-13;/h2-7,10H,8-9H2,1H3,(H2,16,17,18);1H. The van der Waals surface area contributed by atoms with Gasteiger partial charge in [-0.2, -0.15) is 0 Å². The van der Waals surface area contributed by atoms with Crippen molar-refractivity contribution in [2.45, 2.75) is 13.1 Å². The van der Waals surface area contributed by atoms with Crippen LogP contribution in [0.1, 0.15) is 11.5 Å². The lowest BCUT2D eigenvalue weighted by molar-refractivity contribution is 0.501. The SMILES string of the molecule is CN=C(NCc1coc(-c2cccs2)n1)NCc1ccco1.I.